The van der Waals surface area contributed by atoms with Crippen molar-refractivity contribution in [3.8, 4) is 6.07 Å². The molecule has 2 aliphatic carbocycles. The number of nitrogens with one attached hydrogen (secondary N) is 1. The highest BCUT2D eigenvalue weighted by molar-refractivity contribution is 9.10. The molecule has 106 valence electrons. The van der Waals surface area contributed by atoms with E-state index in [1.807, 2.05) is 30.1 Å². The molecule has 2 atom stereocenters. The fourth-order valence-corrected chi connectivity index (χ4v) is 4.63. The minimum absolute atomic E-state index is 0.307. The Kier molecular flexibility index (Phi) is 4.34. The van der Waals surface area contributed by atoms with Crippen molar-refractivity contribution < 1.29 is 0 Å². The zero-order chi connectivity index (χ0) is 14.0. The number of hydrogen-bond acceptors (Lipinski definition) is 4. The summed E-state index contributed by atoms with van der Waals surface area (Å²) in [5, 5.41) is 14.7. The Morgan fingerprint density at radius 3 is 3.00 bits per heavy atom. The first-order valence-electron chi connectivity index (χ1n) is 7.17. The van der Waals surface area contributed by atoms with Crippen LogP contribution in [0.4, 0.5) is 0 Å². The van der Waals surface area contributed by atoms with Crippen molar-refractivity contribution in [1.82, 2.24) is 10.3 Å². The van der Waals surface area contributed by atoms with Crippen LogP contribution < -0.4 is 5.32 Å². The normalized spacial score (nSPS) is 29.9. The molecule has 1 aromatic rings. The molecule has 0 radical (unpaired) electrons. The van der Waals surface area contributed by atoms with Gasteiger partial charge in [-0.1, -0.05) is 0 Å². The Hall–Kier alpha value is -0.570. The number of halogens is 1. The van der Waals surface area contributed by atoms with E-state index in [1.165, 1.54) is 19.3 Å². The third-order valence-corrected chi connectivity index (χ3v) is 6.17. The molecule has 1 heterocycles. The second kappa shape index (κ2) is 6.05. The fourth-order valence-electron chi connectivity index (χ4n) is 2.82. The molecule has 1 aromatic heterocycles. The van der Waals surface area contributed by atoms with Crippen LogP contribution in [0.1, 0.15) is 38.5 Å². The second-order valence-electron chi connectivity index (χ2n) is 5.74. The van der Waals surface area contributed by atoms with Crippen molar-refractivity contribution in [2.45, 2.75) is 60.4 Å². The van der Waals surface area contributed by atoms with E-state index < -0.39 is 0 Å². The standard InChI is InChI=1S/C15H18BrN3S/c16-13-4-2-8-18-14(13)20-12-3-1-7-15(9-12,10-17)19-11-5-6-11/h2,4,8,11-12,19H,1,3,5-7,9H2. The minimum atomic E-state index is -0.307. The molecule has 1 N–H and O–H groups in total. The van der Waals surface area contributed by atoms with Crippen LogP contribution in [0, 0.1) is 11.3 Å². The predicted octanol–water partition coefficient (Wildman–Crippen LogP) is 3.89. The number of thioether (sulfide) groups is 1. The molecular weight excluding hydrogens is 334 g/mol. The summed E-state index contributed by atoms with van der Waals surface area (Å²) in [6.07, 6.45) is 8.49. The largest absolute Gasteiger partial charge is 0.297 e. The predicted molar refractivity (Wildman–Crippen MR) is 84.6 cm³/mol. The first-order chi connectivity index (χ1) is 9.71. The van der Waals surface area contributed by atoms with E-state index in [1.54, 1.807) is 0 Å². The van der Waals surface area contributed by atoms with Gasteiger partial charge in [0.05, 0.1) is 6.07 Å². The van der Waals surface area contributed by atoms with E-state index in [-0.39, 0.29) is 5.54 Å². The van der Waals surface area contributed by atoms with E-state index in [9.17, 15) is 5.26 Å². The van der Waals surface area contributed by atoms with Crippen LogP contribution in [0.5, 0.6) is 0 Å². The van der Waals surface area contributed by atoms with Gasteiger partial charge in [0.15, 0.2) is 0 Å². The SMILES string of the molecule is N#CC1(NC2CC2)CCCC(Sc2ncccc2Br)C1. The van der Waals surface area contributed by atoms with Crippen LogP contribution in [-0.4, -0.2) is 21.8 Å². The summed E-state index contributed by atoms with van der Waals surface area (Å²) in [5.74, 6) is 0. The number of aromatic nitrogens is 1. The van der Waals surface area contributed by atoms with Gasteiger partial charge in [0.2, 0.25) is 0 Å². The van der Waals surface area contributed by atoms with Crippen molar-refractivity contribution in [1.29, 1.82) is 5.26 Å². The maximum atomic E-state index is 9.61. The topological polar surface area (TPSA) is 48.7 Å². The molecule has 2 saturated carbocycles. The van der Waals surface area contributed by atoms with Crippen molar-refractivity contribution in [3.05, 3.63) is 22.8 Å². The second-order valence-corrected chi connectivity index (χ2v) is 7.88. The Morgan fingerprint density at radius 2 is 2.30 bits per heavy atom. The number of nitriles is 1. The van der Waals surface area contributed by atoms with Gasteiger partial charge < -0.3 is 0 Å². The molecule has 0 bridgehead atoms. The summed E-state index contributed by atoms with van der Waals surface area (Å²) in [6, 6.07) is 7.11. The van der Waals surface area contributed by atoms with Crippen molar-refractivity contribution in [3.63, 3.8) is 0 Å². The van der Waals surface area contributed by atoms with E-state index in [4.69, 9.17) is 0 Å². The summed E-state index contributed by atoms with van der Waals surface area (Å²) in [6.45, 7) is 0. The van der Waals surface area contributed by atoms with Gasteiger partial charge in [-0.3, -0.25) is 5.32 Å². The molecular formula is C15H18BrN3S. The Balaban J connectivity index is 1.68. The van der Waals surface area contributed by atoms with Crippen molar-refractivity contribution in [2.24, 2.45) is 0 Å². The zero-order valence-electron chi connectivity index (χ0n) is 11.3. The summed E-state index contributed by atoms with van der Waals surface area (Å²) in [4.78, 5) is 4.43. The maximum absolute atomic E-state index is 9.61. The lowest BCUT2D eigenvalue weighted by Gasteiger charge is -2.36. The number of nitrogens with zero attached hydrogens (tertiary/aromatic N) is 2. The number of hydrogen-bond donors (Lipinski definition) is 1. The lowest BCUT2D eigenvalue weighted by Crippen LogP contribution is -2.49. The highest BCUT2D eigenvalue weighted by atomic mass is 79.9. The molecule has 0 amide bonds. The number of pyridine rings is 1. The van der Waals surface area contributed by atoms with Gasteiger partial charge in [-0.25, -0.2) is 4.98 Å². The first kappa shape index (κ1) is 14.4. The summed E-state index contributed by atoms with van der Waals surface area (Å²) in [5.41, 5.74) is -0.307. The van der Waals surface area contributed by atoms with E-state index in [0.29, 0.717) is 11.3 Å². The molecule has 2 aliphatic rings. The third kappa shape index (κ3) is 3.36. The molecule has 0 saturated heterocycles. The number of rotatable bonds is 4. The molecule has 0 aliphatic heterocycles. The Bertz CT molecular complexity index is 526. The zero-order valence-corrected chi connectivity index (χ0v) is 13.7. The molecule has 2 unspecified atom stereocenters. The highest BCUT2D eigenvalue weighted by Gasteiger charge is 2.40. The van der Waals surface area contributed by atoms with Crippen LogP contribution in [0.3, 0.4) is 0 Å². The summed E-state index contributed by atoms with van der Waals surface area (Å²) < 4.78 is 1.05. The van der Waals surface area contributed by atoms with Gasteiger partial charge in [-0.2, -0.15) is 5.26 Å². The average Bonchev–Trinajstić information content (AvgIpc) is 3.26. The highest BCUT2D eigenvalue weighted by Crippen LogP contribution is 2.40. The summed E-state index contributed by atoms with van der Waals surface area (Å²) >= 11 is 5.36. The van der Waals surface area contributed by atoms with E-state index in [0.717, 1.165) is 28.8 Å². The van der Waals surface area contributed by atoms with Crippen LogP contribution in [-0.2, 0) is 0 Å². The maximum Gasteiger partial charge on any atom is 0.110 e. The molecule has 0 aromatic carbocycles. The monoisotopic (exact) mass is 351 g/mol. The molecule has 3 nitrogen and oxygen atoms in total. The van der Waals surface area contributed by atoms with Gasteiger partial charge in [-0.15, -0.1) is 11.8 Å². The average molecular weight is 352 g/mol. The van der Waals surface area contributed by atoms with E-state index in [2.05, 4.69) is 32.3 Å². The lowest BCUT2D eigenvalue weighted by molar-refractivity contribution is 0.301. The van der Waals surface area contributed by atoms with Gasteiger partial charge in [-0.05, 0) is 66.6 Å². The molecule has 20 heavy (non-hydrogen) atoms. The first-order valence-corrected chi connectivity index (χ1v) is 8.84. The van der Waals surface area contributed by atoms with Gasteiger partial charge >= 0.3 is 0 Å². The molecule has 2 fully saturated rings. The molecule has 3 rings (SSSR count). The lowest BCUT2D eigenvalue weighted by atomic mass is 9.82. The van der Waals surface area contributed by atoms with Crippen molar-refractivity contribution in [2.75, 3.05) is 0 Å². The van der Waals surface area contributed by atoms with Gasteiger partial charge in [0.25, 0.3) is 0 Å². The van der Waals surface area contributed by atoms with Crippen LogP contribution in [0.25, 0.3) is 0 Å². The van der Waals surface area contributed by atoms with Crippen LogP contribution >= 0.6 is 27.7 Å². The molecule has 0 spiro atoms. The minimum Gasteiger partial charge on any atom is -0.297 e. The Morgan fingerprint density at radius 1 is 1.45 bits per heavy atom. The van der Waals surface area contributed by atoms with Gasteiger partial charge in [0, 0.05) is 22.0 Å². The third-order valence-electron chi connectivity index (χ3n) is 3.98. The van der Waals surface area contributed by atoms with Crippen LogP contribution in [0.15, 0.2) is 27.8 Å². The summed E-state index contributed by atoms with van der Waals surface area (Å²) in [7, 11) is 0. The Labute approximate surface area is 132 Å². The smallest absolute Gasteiger partial charge is 0.110 e. The van der Waals surface area contributed by atoms with Gasteiger partial charge in [0.1, 0.15) is 10.6 Å². The quantitative estimate of drug-likeness (QED) is 0.893. The van der Waals surface area contributed by atoms with E-state index >= 15 is 0 Å². The molecule has 5 heteroatoms. The van der Waals surface area contributed by atoms with Crippen LogP contribution in [0.2, 0.25) is 0 Å². The fraction of sp³-hybridized carbons (Fsp3) is 0.600. The van der Waals surface area contributed by atoms with Crippen molar-refractivity contribution >= 4 is 27.7 Å².